The highest BCUT2D eigenvalue weighted by Gasteiger charge is 2.41. The summed E-state index contributed by atoms with van der Waals surface area (Å²) in [6, 6.07) is 19.5. The van der Waals surface area contributed by atoms with Crippen LogP contribution in [0, 0.1) is 0 Å². The minimum absolute atomic E-state index is 0.000469. The van der Waals surface area contributed by atoms with Crippen LogP contribution in [0.4, 0.5) is 10.5 Å². The number of nitrogens with one attached hydrogen (secondary N) is 1. The molecule has 3 atom stereocenters. The number of carbonyl (C=O) groups is 2. The smallest absolute Gasteiger partial charge is 0.318 e. The molecule has 0 unspecified atom stereocenters. The molecule has 0 radical (unpaired) electrons. The minimum atomic E-state index is -0.409. The Balaban J connectivity index is 1.38. The normalized spacial score (nSPS) is 24.4. The third kappa shape index (κ3) is 3.68. The molecule has 1 aliphatic carbocycles. The molecule has 1 aliphatic heterocycles. The van der Waals surface area contributed by atoms with Crippen molar-refractivity contribution in [2.45, 2.75) is 37.3 Å². The van der Waals surface area contributed by atoms with Crippen LogP contribution in [0.1, 0.15) is 30.7 Å². The van der Waals surface area contributed by atoms with E-state index in [2.05, 4.69) is 17.4 Å². The van der Waals surface area contributed by atoms with E-state index in [4.69, 9.17) is 0 Å². The van der Waals surface area contributed by atoms with Gasteiger partial charge in [0.15, 0.2) is 0 Å². The van der Waals surface area contributed by atoms with Gasteiger partial charge in [0.25, 0.3) is 0 Å². The SMILES string of the molecule is CN(C(=O)N[C@@H]1C[C@H]1c1ccccc1)[C@@H]1CCCN(c2ccccc2)C1=O. The highest BCUT2D eigenvalue weighted by Crippen LogP contribution is 2.40. The number of amides is 3. The van der Waals surface area contributed by atoms with Crippen LogP contribution < -0.4 is 10.2 Å². The summed E-state index contributed by atoms with van der Waals surface area (Å²) in [7, 11) is 1.73. The summed E-state index contributed by atoms with van der Waals surface area (Å²) >= 11 is 0. The topological polar surface area (TPSA) is 52.7 Å². The monoisotopic (exact) mass is 363 g/mol. The van der Waals surface area contributed by atoms with Crippen molar-refractivity contribution in [3.05, 3.63) is 66.2 Å². The Hall–Kier alpha value is -2.82. The first-order valence-electron chi connectivity index (χ1n) is 9.60. The highest BCUT2D eigenvalue weighted by molar-refractivity contribution is 5.99. The number of rotatable bonds is 4. The standard InChI is InChI=1S/C22H25N3O2/c1-24(22(27)23-19-15-18(19)16-9-4-2-5-10-16)20-13-8-14-25(21(20)26)17-11-6-3-7-12-17/h2-7,9-12,18-20H,8,13-15H2,1H3,(H,23,27)/t18-,19+,20+/m0/s1. The first-order valence-corrected chi connectivity index (χ1v) is 9.60. The molecule has 4 rings (SSSR count). The van der Waals surface area contributed by atoms with Crippen LogP contribution in [0.5, 0.6) is 0 Å². The van der Waals surface area contributed by atoms with Gasteiger partial charge in [-0.25, -0.2) is 4.79 Å². The number of hydrogen-bond acceptors (Lipinski definition) is 2. The number of benzene rings is 2. The fourth-order valence-electron chi connectivity index (χ4n) is 3.90. The highest BCUT2D eigenvalue weighted by atomic mass is 16.2. The summed E-state index contributed by atoms with van der Waals surface area (Å²) in [5.41, 5.74) is 2.15. The molecule has 3 amide bonds. The molecule has 2 aromatic rings. The van der Waals surface area contributed by atoms with Gasteiger partial charge in [-0.1, -0.05) is 48.5 Å². The molecule has 1 heterocycles. The largest absolute Gasteiger partial charge is 0.335 e. The van der Waals surface area contributed by atoms with E-state index in [0.717, 1.165) is 18.5 Å². The van der Waals surface area contributed by atoms with Crippen molar-refractivity contribution in [2.24, 2.45) is 0 Å². The molecule has 5 nitrogen and oxygen atoms in total. The third-order valence-corrected chi connectivity index (χ3v) is 5.59. The van der Waals surface area contributed by atoms with Gasteiger partial charge in [0.2, 0.25) is 5.91 Å². The molecular formula is C22H25N3O2. The number of hydrogen-bond donors (Lipinski definition) is 1. The van der Waals surface area contributed by atoms with Crippen LogP contribution in [-0.2, 0) is 4.79 Å². The number of urea groups is 1. The Morgan fingerprint density at radius 3 is 2.44 bits per heavy atom. The lowest BCUT2D eigenvalue weighted by molar-refractivity contribution is -0.123. The van der Waals surface area contributed by atoms with Crippen LogP contribution in [0.2, 0.25) is 0 Å². The maximum absolute atomic E-state index is 13.0. The van der Waals surface area contributed by atoms with Crippen molar-refractivity contribution in [1.82, 2.24) is 10.2 Å². The van der Waals surface area contributed by atoms with E-state index in [1.807, 2.05) is 48.5 Å². The van der Waals surface area contributed by atoms with E-state index in [1.54, 1.807) is 16.8 Å². The molecule has 0 spiro atoms. The predicted octanol–water partition coefficient (Wildman–Crippen LogP) is 3.38. The maximum Gasteiger partial charge on any atom is 0.318 e. The third-order valence-electron chi connectivity index (χ3n) is 5.59. The molecule has 2 fully saturated rings. The molecule has 1 N–H and O–H groups in total. The van der Waals surface area contributed by atoms with E-state index in [1.165, 1.54) is 5.56 Å². The van der Waals surface area contributed by atoms with E-state index in [-0.39, 0.29) is 18.0 Å². The second-order valence-electron chi connectivity index (χ2n) is 7.40. The Labute approximate surface area is 160 Å². The van der Waals surface area contributed by atoms with Crippen molar-refractivity contribution in [3.8, 4) is 0 Å². The van der Waals surface area contributed by atoms with Gasteiger partial charge < -0.3 is 15.1 Å². The number of para-hydroxylation sites is 1. The fourth-order valence-corrected chi connectivity index (χ4v) is 3.90. The first kappa shape index (κ1) is 17.6. The summed E-state index contributed by atoms with van der Waals surface area (Å²) in [4.78, 5) is 29.0. The second-order valence-corrected chi connectivity index (χ2v) is 7.40. The fraction of sp³-hybridized carbons (Fsp3) is 0.364. The molecule has 1 saturated heterocycles. The lowest BCUT2D eigenvalue weighted by atomic mass is 10.0. The summed E-state index contributed by atoms with van der Waals surface area (Å²) in [6.45, 7) is 0.702. The summed E-state index contributed by atoms with van der Waals surface area (Å²) < 4.78 is 0. The Morgan fingerprint density at radius 2 is 1.74 bits per heavy atom. The molecule has 0 bridgehead atoms. The Morgan fingerprint density at radius 1 is 1.07 bits per heavy atom. The molecule has 1 saturated carbocycles. The van der Waals surface area contributed by atoms with Crippen molar-refractivity contribution in [2.75, 3.05) is 18.5 Å². The average Bonchev–Trinajstić information content (AvgIpc) is 3.48. The number of nitrogens with zero attached hydrogens (tertiary/aromatic N) is 2. The minimum Gasteiger partial charge on any atom is -0.335 e. The zero-order valence-corrected chi connectivity index (χ0v) is 15.5. The molecule has 27 heavy (non-hydrogen) atoms. The molecule has 5 heteroatoms. The number of piperidine rings is 1. The summed E-state index contributed by atoms with van der Waals surface area (Å²) in [6.07, 6.45) is 2.55. The number of anilines is 1. The average molecular weight is 363 g/mol. The van der Waals surface area contributed by atoms with Crippen LogP contribution in [0.25, 0.3) is 0 Å². The number of likely N-dealkylation sites (N-methyl/N-ethyl adjacent to an activating group) is 1. The van der Waals surface area contributed by atoms with Crippen LogP contribution in [0.3, 0.4) is 0 Å². The van der Waals surface area contributed by atoms with Crippen LogP contribution >= 0.6 is 0 Å². The Bertz CT molecular complexity index is 809. The van der Waals surface area contributed by atoms with Gasteiger partial charge >= 0.3 is 6.03 Å². The summed E-state index contributed by atoms with van der Waals surface area (Å²) in [5, 5.41) is 3.09. The molecule has 140 valence electrons. The summed E-state index contributed by atoms with van der Waals surface area (Å²) in [5.74, 6) is 0.381. The van der Waals surface area contributed by atoms with Crippen molar-refractivity contribution >= 4 is 17.6 Å². The van der Waals surface area contributed by atoms with Crippen LogP contribution in [0.15, 0.2) is 60.7 Å². The molecule has 2 aliphatic rings. The van der Waals surface area contributed by atoms with Crippen molar-refractivity contribution < 1.29 is 9.59 Å². The van der Waals surface area contributed by atoms with Gasteiger partial charge in [-0.15, -0.1) is 0 Å². The van der Waals surface area contributed by atoms with E-state index < -0.39 is 6.04 Å². The van der Waals surface area contributed by atoms with E-state index in [9.17, 15) is 9.59 Å². The maximum atomic E-state index is 13.0. The predicted molar refractivity (Wildman–Crippen MR) is 106 cm³/mol. The van der Waals surface area contributed by atoms with E-state index >= 15 is 0 Å². The van der Waals surface area contributed by atoms with Crippen LogP contribution in [-0.4, -0.2) is 42.5 Å². The zero-order chi connectivity index (χ0) is 18.8. The second kappa shape index (κ2) is 7.43. The van der Waals surface area contributed by atoms with Gasteiger partial charge in [0.05, 0.1) is 0 Å². The van der Waals surface area contributed by atoms with Gasteiger partial charge in [-0.3, -0.25) is 4.79 Å². The van der Waals surface area contributed by atoms with Gasteiger partial charge in [-0.05, 0) is 37.0 Å². The van der Waals surface area contributed by atoms with Gasteiger partial charge in [0, 0.05) is 31.2 Å². The quantitative estimate of drug-likeness (QED) is 0.905. The van der Waals surface area contributed by atoms with E-state index in [0.29, 0.717) is 18.9 Å². The van der Waals surface area contributed by atoms with Gasteiger partial charge in [-0.2, -0.15) is 0 Å². The van der Waals surface area contributed by atoms with Crippen molar-refractivity contribution in [3.63, 3.8) is 0 Å². The van der Waals surface area contributed by atoms with Crippen molar-refractivity contribution in [1.29, 1.82) is 0 Å². The lowest BCUT2D eigenvalue weighted by Crippen LogP contribution is -2.55. The van der Waals surface area contributed by atoms with Gasteiger partial charge in [0.1, 0.15) is 6.04 Å². The number of carbonyl (C=O) groups excluding carboxylic acids is 2. The zero-order valence-electron chi connectivity index (χ0n) is 15.5. The lowest BCUT2D eigenvalue weighted by Gasteiger charge is -2.36. The first-order chi connectivity index (χ1) is 13.1. The molecular weight excluding hydrogens is 338 g/mol. The molecule has 0 aromatic heterocycles. The Kier molecular flexibility index (Phi) is 4.84. The molecule has 2 aromatic carbocycles.